The molecule has 0 saturated carbocycles. The number of nitrogens with zero attached hydrogens (tertiary/aromatic N) is 1. The summed E-state index contributed by atoms with van der Waals surface area (Å²) in [4.78, 5) is 0. The van der Waals surface area contributed by atoms with Crippen LogP contribution in [-0.4, -0.2) is 31.9 Å². The fraction of sp³-hybridized carbons (Fsp3) is 0.636. The molecule has 2 rings (SSSR count). The molecular weight excluding hydrogens is 302 g/mol. The molecule has 1 aromatic heterocycles. The van der Waals surface area contributed by atoms with Gasteiger partial charge in [0, 0.05) is 18.6 Å². The average molecular weight is 321 g/mol. The van der Waals surface area contributed by atoms with Gasteiger partial charge in [0.05, 0.1) is 4.21 Å². The van der Waals surface area contributed by atoms with Gasteiger partial charge in [-0.2, -0.15) is 0 Å². The third-order valence-corrected chi connectivity index (χ3v) is 6.99. The summed E-state index contributed by atoms with van der Waals surface area (Å²) >= 11 is 2.88. The maximum atomic E-state index is 11.5. The number of thiophene rings is 1. The van der Waals surface area contributed by atoms with Crippen LogP contribution in [0.4, 0.5) is 0 Å². The molecule has 0 spiro atoms. The zero-order valence-corrected chi connectivity index (χ0v) is 13.7. The highest BCUT2D eigenvalue weighted by molar-refractivity contribution is 7.99. The molecule has 0 fully saturated rings. The summed E-state index contributed by atoms with van der Waals surface area (Å²) in [6.07, 6.45) is 0. The van der Waals surface area contributed by atoms with E-state index in [4.69, 9.17) is 5.14 Å². The first-order valence-electron chi connectivity index (χ1n) is 6.17. The molecule has 0 amide bonds. The quantitative estimate of drug-likeness (QED) is 0.827. The molecule has 1 atom stereocenters. The molecule has 0 bridgehead atoms. The van der Waals surface area contributed by atoms with Crippen LogP contribution in [-0.2, 0) is 10.0 Å². The Balaban J connectivity index is 2.39. The van der Waals surface area contributed by atoms with E-state index in [2.05, 4.69) is 23.5 Å². The molecule has 1 aliphatic heterocycles. The topological polar surface area (TPSA) is 75.4 Å². The van der Waals surface area contributed by atoms with Gasteiger partial charge in [0.25, 0.3) is 0 Å². The number of nitrogens with two attached hydrogens (primary N) is 1. The summed E-state index contributed by atoms with van der Waals surface area (Å²) in [6, 6.07) is 2.28. The SMILES string of the molecule is CCNC1CN(C(C)C)Sc2sc(S(N)(=O)=O)cc21. The van der Waals surface area contributed by atoms with Gasteiger partial charge in [0.1, 0.15) is 4.21 Å². The lowest BCUT2D eigenvalue weighted by molar-refractivity contribution is 0.334. The minimum Gasteiger partial charge on any atom is -0.309 e. The summed E-state index contributed by atoms with van der Waals surface area (Å²) in [5.74, 6) is 0. The maximum Gasteiger partial charge on any atom is 0.247 e. The van der Waals surface area contributed by atoms with E-state index in [0.29, 0.717) is 6.04 Å². The van der Waals surface area contributed by atoms with Gasteiger partial charge in [-0.1, -0.05) is 6.92 Å². The number of fused-ring (bicyclic) bond motifs is 1. The molecule has 2 heterocycles. The highest BCUT2D eigenvalue weighted by Crippen LogP contribution is 2.44. The van der Waals surface area contributed by atoms with Crippen molar-refractivity contribution in [3.63, 3.8) is 0 Å². The van der Waals surface area contributed by atoms with Gasteiger partial charge in [-0.15, -0.1) is 11.3 Å². The summed E-state index contributed by atoms with van der Waals surface area (Å²) in [7, 11) is -3.61. The number of hydrogen-bond donors (Lipinski definition) is 2. The van der Waals surface area contributed by atoms with Crippen molar-refractivity contribution in [3.05, 3.63) is 11.6 Å². The van der Waals surface area contributed by atoms with Gasteiger partial charge >= 0.3 is 0 Å². The van der Waals surface area contributed by atoms with E-state index >= 15 is 0 Å². The molecule has 8 heteroatoms. The number of sulfonamides is 1. The number of likely N-dealkylation sites (N-methyl/N-ethyl adjacent to an activating group) is 1. The Morgan fingerprint density at radius 1 is 1.58 bits per heavy atom. The highest BCUT2D eigenvalue weighted by atomic mass is 32.3. The second kappa shape index (κ2) is 5.71. The summed E-state index contributed by atoms with van der Waals surface area (Å²) in [6.45, 7) is 8.03. The summed E-state index contributed by atoms with van der Waals surface area (Å²) in [5.41, 5.74) is 1.05. The first-order chi connectivity index (χ1) is 8.82. The first kappa shape index (κ1) is 15.3. The van der Waals surface area contributed by atoms with Crippen molar-refractivity contribution in [2.45, 2.75) is 41.3 Å². The Hall–Kier alpha value is -0.120. The van der Waals surface area contributed by atoms with Crippen molar-refractivity contribution < 1.29 is 8.42 Å². The van der Waals surface area contributed by atoms with Gasteiger partial charge in [-0.25, -0.2) is 17.9 Å². The van der Waals surface area contributed by atoms with Gasteiger partial charge in [0.2, 0.25) is 10.0 Å². The predicted octanol–water partition coefficient (Wildman–Crippen LogP) is 1.78. The number of primary sulfonamides is 1. The summed E-state index contributed by atoms with van der Waals surface area (Å²) < 4.78 is 26.5. The molecule has 0 aromatic carbocycles. The van der Waals surface area contributed by atoms with Gasteiger partial charge in [0.15, 0.2) is 0 Å². The number of rotatable bonds is 4. The van der Waals surface area contributed by atoms with Gasteiger partial charge in [-0.3, -0.25) is 0 Å². The molecule has 1 aliphatic rings. The van der Waals surface area contributed by atoms with Crippen LogP contribution in [0.25, 0.3) is 0 Å². The Morgan fingerprint density at radius 3 is 2.79 bits per heavy atom. The standard InChI is InChI=1S/C11H19N3O2S3/c1-4-13-9-6-14(7(2)3)18-11-8(9)5-10(17-11)19(12,15)16/h5,7,9,13H,4,6H2,1-3H3,(H2,12,15,16). The van der Waals surface area contributed by atoms with Crippen molar-refractivity contribution in [3.8, 4) is 0 Å². The largest absolute Gasteiger partial charge is 0.309 e. The molecule has 3 N–H and O–H groups in total. The molecular formula is C11H19N3O2S3. The minimum atomic E-state index is -3.61. The van der Waals surface area contributed by atoms with Crippen LogP contribution in [0.5, 0.6) is 0 Å². The molecule has 0 aliphatic carbocycles. The van der Waals surface area contributed by atoms with Crippen LogP contribution in [0.3, 0.4) is 0 Å². The van der Waals surface area contributed by atoms with Crippen molar-refractivity contribution in [1.82, 2.24) is 9.62 Å². The van der Waals surface area contributed by atoms with E-state index in [0.717, 1.165) is 22.9 Å². The molecule has 108 valence electrons. The Labute approximate surface area is 122 Å². The van der Waals surface area contributed by atoms with Crippen LogP contribution in [0, 0.1) is 0 Å². The monoisotopic (exact) mass is 321 g/mol. The van der Waals surface area contributed by atoms with Crippen molar-refractivity contribution in [2.75, 3.05) is 13.1 Å². The second-order valence-corrected chi connectivity index (χ2v) is 8.91. The molecule has 5 nitrogen and oxygen atoms in total. The fourth-order valence-corrected chi connectivity index (χ4v) is 5.49. The van der Waals surface area contributed by atoms with E-state index < -0.39 is 10.0 Å². The molecule has 1 unspecified atom stereocenters. The van der Waals surface area contributed by atoms with Crippen molar-refractivity contribution >= 4 is 33.3 Å². The summed E-state index contributed by atoms with van der Waals surface area (Å²) in [5, 5.41) is 8.63. The van der Waals surface area contributed by atoms with E-state index in [9.17, 15) is 8.42 Å². The fourth-order valence-electron chi connectivity index (χ4n) is 1.98. The van der Waals surface area contributed by atoms with E-state index in [1.165, 1.54) is 11.3 Å². The zero-order valence-electron chi connectivity index (χ0n) is 11.2. The van der Waals surface area contributed by atoms with Crippen molar-refractivity contribution in [1.29, 1.82) is 0 Å². The molecule has 19 heavy (non-hydrogen) atoms. The smallest absolute Gasteiger partial charge is 0.247 e. The molecule has 0 radical (unpaired) electrons. The zero-order chi connectivity index (χ0) is 14.2. The minimum absolute atomic E-state index is 0.162. The number of hydrogen-bond acceptors (Lipinski definition) is 6. The lowest BCUT2D eigenvalue weighted by atomic mass is 10.1. The molecule has 0 saturated heterocycles. The van der Waals surface area contributed by atoms with Crippen LogP contribution in [0.1, 0.15) is 32.4 Å². The van der Waals surface area contributed by atoms with E-state index in [-0.39, 0.29) is 10.3 Å². The average Bonchev–Trinajstić information content (AvgIpc) is 2.72. The van der Waals surface area contributed by atoms with Crippen molar-refractivity contribution in [2.24, 2.45) is 5.14 Å². The Morgan fingerprint density at radius 2 is 2.26 bits per heavy atom. The second-order valence-electron chi connectivity index (χ2n) is 4.75. The lowest BCUT2D eigenvalue weighted by Crippen LogP contribution is -2.37. The lowest BCUT2D eigenvalue weighted by Gasteiger charge is -2.34. The maximum absolute atomic E-state index is 11.5. The molecule has 1 aromatic rings. The normalized spacial score (nSPS) is 20.8. The Kier molecular flexibility index (Phi) is 4.59. The van der Waals surface area contributed by atoms with E-state index in [1.54, 1.807) is 18.0 Å². The number of nitrogens with one attached hydrogen (secondary N) is 1. The Bertz CT molecular complexity index is 554. The van der Waals surface area contributed by atoms with Gasteiger partial charge in [-0.05, 0) is 44.0 Å². The van der Waals surface area contributed by atoms with Crippen LogP contribution in [0.15, 0.2) is 14.5 Å². The third kappa shape index (κ3) is 3.32. The van der Waals surface area contributed by atoms with Crippen LogP contribution >= 0.6 is 23.3 Å². The van der Waals surface area contributed by atoms with E-state index in [1.807, 2.05) is 6.92 Å². The first-order valence-corrected chi connectivity index (χ1v) is 9.31. The van der Waals surface area contributed by atoms with Crippen LogP contribution < -0.4 is 10.5 Å². The van der Waals surface area contributed by atoms with Crippen LogP contribution in [0.2, 0.25) is 0 Å². The van der Waals surface area contributed by atoms with Gasteiger partial charge < -0.3 is 5.32 Å². The highest BCUT2D eigenvalue weighted by Gasteiger charge is 2.31. The predicted molar refractivity (Wildman–Crippen MR) is 79.8 cm³/mol. The third-order valence-electron chi connectivity index (χ3n) is 2.95.